The molecule has 0 radical (unpaired) electrons. The van der Waals surface area contributed by atoms with Crippen molar-refractivity contribution in [3.05, 3.63) is 59.9 Å². The minimum absolute atomic E-state index is 0.190. The van der Waals surface area contributed by atoms with E-state index in [-0.39, 0.29) is 12.4 Å². The molecule has 104 valence electrons. The topological polar surface area (TPSA) is 35.5 Å². The van der Waals surface area contributed by atoms with Crippen molar-refractivity contribution in [3.8, 4) is 11.5 Å². The molecule has 2 aromatic carbocycles. The number of rotatable bonds is 5. The molecule has 20 heavy (non-hydrogen) atoms. The van der Waals surface area contributed by atoms with E-state index in [9.17, 15) is 9.18 Å². The predicted molar refractivity (Wildman–Crippen MR) is 73.4 cm³/mol. The van der Waals surface area contributed by atoms with Gasteiger partial charge in [-0.15, -0.1) is 0 Å². The van der Waals surface area contributed by atoms with Crippen molar-refractivity contribution in [1.82, 2.24) is 0 Å². The van der Waals surface area contributed by atoms with Gasteiger partial charge in [-0.05, 0) is 48.4 Å². The summed E-state index contributed by atoms with van der Waals surface area (Å²) in [7, 11) is 0. The lowest BCUT2D eigenvalue weighted by Crippen LogP contribution is -2.17. The molecule has 4 heteroatoms. The molecule has 2 aromatic rings. The first-order valence-corrected chi connectivity index (χ1v) is 6.35. The highest BCUT2D eigenvalue weighted by Gasteiger charge is 2.06. The molecule has 0 spiro atoms. The molecule has 0 saturated heterocycles. The van der Waals surface area contributed by atoms with Gasteiger partial charge in [0, 0.05) is 0 Å². The van der Waals surface area contributed by atoms with Gasteiger partial charge in [0.15, 0.2) is 6.61 Å². The van der Waals surface area contributed by atoms with Crippen LogP contribution in [0, 0.1) is 5.82 Å². The summed E-state index contributed by atoms with van der Waals surface area (Å²) in [5, 5.41) is 0. The molecule has 0 amide bonds. The summed E-state index contributed by atoms with van der Waals surface area (Å²) in [5.41, 5.74) is 1.13. The molecule has 0 bridgehead atoms. The van der Waals surface area contributed by atoms with E-state index in [1.54, 1.807) is 6.07 Å². The van der Waals surface area contributed by atoms with Crippen LogP contribution in [0.5, 0.6) is 11.5 Å². The summed E-state index contributed by atoms with van der Waals surface area (Å²) in [6.45, 7) is 1.85. The Hall–Kier alpha value is -2.36. The van der Waals surface area contributed by atoms with E-state index in [0.717, 1.165) is 12.0 Å². The molecule has 0 fully saturated rings. The van der Waals surface area contributed by atoms with Gasteiger partial charge in [-0.25, -0.2) is 9.18 Å². The number of esters is 1. The SMILES string of the molecule is CCc1cccc(OCC(=O)Oc2ccc(F)cc2)c1. The quantitative estimate of drug-likeness (QED) is 0.619. The molecular weight excluding hydrogens is 259 g/mol. The number of aryl methyl sites for hydroxylation is 1. The zero-order chi connectivity index (χ0) is 14.4. The lowest BCUT2D eigenvalue weighted by Gasteiger charge is -2.07. The number of benzene rings is 2. The van der Waals surface area contributed by atoms with E-state index in [1.807, 2.05) is 25.1 Å². The summed E-state index contributed by atoms with van der Waals surface area (Å²) < 4.78 is 23.1. The van der Waals surface area contributed by atoms with E-state index in [1.165, 1.54) is 24.3 Å². The zero-order valence-electron chi connectivity index (χ0n) is 11.1. The van der Waals surface area contributed by atoms with Crippen LogP contribution in [0.15, 0.2) is 48.5 Å². The van der Waals surface area contributed by atoms with Crippen LogP contribution in [0.3, 0.4) is 0 Å². The number of hydrogen-bond acceptors (Lipinski definition) is 3. The molecule has 0 unspecified atom stereocenters. The average molecular weight is 274 g/mol. The molecular formula is C16H15FO3. The Bertz CT molecular complexity index is 579. The molecule has 0 aliphatic rings. The van der Waals surface area contributed by atoms with Crippen molar-refractivity contribution in [3.63, 3.8) is 0 Å². The van der Waals surface area contributed by atoms with Gasteiger partial charge in [-0.1, -0.05) is 19.1 Å². The average Bonchev–Trinajstić information content (AvgIpc) is 2.48. The largest absolute Gasteiger partial charge is 0.482 e. The fourth-order valence-corrected chi connectivity index (χ4v) is 1.66. The van der Waals surface area contributed by atoms with Crippen LogP contribution in [-0.4, -0.2) is 12.6 Å². The summed E-state index contributed by atoms with van der Waals surface area (Å²) in [6, 6.07) is 12.8. The highest BCUT2D eigenvalue weighted by molar-refractivity contribution is 5.73. The van der Waals surface area contributed by atoms with Gasteiger partial charge in [-0.2, -0.15) is 0 Å². The number of ether oxygens (including phenoxy) is 2. The summed E-state index contributed by atoms with van der Waals surface area (Å²) in [6.07, 6.45) is 0.900. The summed E-state index contributed by atoms with van der Waals surface area (Å²) >= 11 is 0. The molecule has 2 rings (SSSR count). The Morgan fingerprint density at radius 1 is 1.10 bits per heavy atom. The Labute approximate surface area is 117 Å². The number of halogens is 1. The summed E-state index contributed by atoms with van der Waals surface area (Å²) in [4.78, 5) is 11.6. The van der Waals surface area contributed by atoms with Crippen molar-refractivity contribution in [1.29, 1.82) is 0 Å². The van der Waals surface area contributed by atoms with Crippen molar-refractivity contribution >= 4 is 5.97 Å². The maximum absolute atomic E-state index is 12.7. The third kappa shape index (κ3) is 4.09. The fourth-order valence-electron chi connectivity index (χ4n) is 1.66. The van der Waals surface area contributed by atoms with E-state index in [0.29, 0.717) is 11.5 Å². The van der Waals surface area contributed by atoms with E-state index < -0.39 is 5.97 Å². The van der Waals surface area contributed by atoms with Crippen LogP contribution in [0.2, 0.25) is 0 Å². The van der Waals surface area contributed by atoms with Crippen LogP contribution in [0.1, 0.15) is 12.5 Å². The molecule has 0 N–H and O–H groups in total. The number of carbonyl (C=O) groups is 1. The molecule has 0 heterocycles. The van der Waals surface area contributed by atoms with Gasteiger partial charge in [-0.3, -0.25) is 0 Å². The highest BCUT2D eigenvalue weighted by atomic mass is 19.1. The van der Waals surface area contributed by atoms with Gasteiger partial charge < -0.3 is 9.47 Å². The van der Waals surface area contributed by atoms with Gasteiger partial charge in [0.2, 0.25) is 0 Å². The van der Waals surface area contributed by atoms with Crippen LogP contribution < -0.4 is 9.47 Å². The molecule has 0 aliphatic heterocycles. The first-order chi connectivity index (χ1) is 9.67. The molecule has 0 aliphatic carbocycles. The van der Waals surface area contributed by atoms with Crippen LogP contribution >= 0.6 is 0 Å². The Kier molecular flexibility index (Phi) is 4.71. The second kappa shape index (κ2) is 6.70. The van der Waals surface area contributed by atoms with E-state index in [4.69, 9.17) is 9.47 Å². The highest BCUT2D eigenvalue weighted by Crippen LogP contribution is 2.14. The van der Waals surface area contributed by atoms with E-state index >= 15 is 0 Å². The smallest absolute Gasteiger partial charge is 0.349 e. The zero-order valence-corrected chi connectivity index (χ0v) is 11.1. The van der Waals surface area contributed by atoms with Crippen molar-refractivity contribution in [2.24, 2.45) is 0 Å². The number of carbonyl (C=O) groups excluding carboxylic acids is 1. The van der Waals surface area contributed by atoms with Crippen molar-refractivity contribution in [2.45, 2.75) is 13.3 Å². The van der Waals surface area contributed by atoms with Crippen LogP contribution in [0.25, 0.3) is 0 Å². The Morgan fingerprint density at radius 2 is 1.85 bits per heavy atom. The maximum Gasteiger partial charge on any atom is 0.349 e. The monoisotopic (exact) mass is 274 g/mol. The molecule has 0 atom stereocenters. The first-order valence-electron chi connectivity index (χ1n) is 6.35. The van der Waals surface area contributed by atoms with Gasteiger partial charge in [0.1, 0.15) is 17.3 Å². The Morgan fingerprint density at radius 3 is 2.55 bits per heavy atom. The lowest BCUT2D eigenvalue weighted by molar-refractivity contribution is -0.136. The minimum atomic E-state index is -0.529. The molecule has 0 aromatic heterocycles. The maximum atomic E-state index is 12.7. The third-order valence-electron chi connectivity index (χ3n) is 2.71. The van der Waals surface area contributed by atoms with Gasteiger partial charge >= 0.3 is 5.97 Å². The standard InChI is InChI=1S/C16H15FO3/c1-2-12-4-3-5-15(10-12)19-11-16(18)20-14-8-6-13(17)7-9-14/h3-10H,2,11H2,1H3. The summed E-state index contributed by atoms with van der Waals surface area (Å²) in [5.74, 6) is 0.0126. The third-order valence-corrected chi connectivity index (χ3v) is 2.71. The second-order valence-corrected chi connectivity index (χ2v) is 4.22. The van der Waals surface area contributed by atoms with Crippen molar-refractivity contribution < 1.29 is 18.7 Å². The van der Waals surface area contributed by atoms with Gasteiger partial charge in [0.25, 0.3) is 0 Å². The molecule has 0 saturated carbocycles. The second-order valence-electron chi connectivity index (χ2n) is 4.22. The predicted octanol–water partition coefficient (Wildman–Crippen LogP) is 3.37. The van der Waals surface area contributed by atoms with E-state index in [2.05, 4.69) is 0 Å². The fraction of sp³-hybridized carbons (Fsp3) is 0.188. The van der Waals surface area contributed by atoms with Gasteiger partial charge in [0.05, 0.1) is 0 Å². The Balaban J connectivity index is 1.87. The van der Waals surface area contributed by atoms with Crippen LogP contribution in [0.4, 0.5) is 4.39 Å². The minimum Gasteiger partial charge on any atom is -0.482 e. The lowest BCUT2D eigenvalue weighted by atomic mass is 10.2. The number of hydrogen-bond donors (Lipinski definition) is 0. The van der Waals surface area contributed by atoms with Crippen LogP contribution in [-0.2, 0) is 11.2 Å². The normalized spacial score (nSPS) is 10.1. The molecule has 3 nitrogen and oxygen atoms in total. The van der Waals surface area contributed by atoms with Crippen molar-refractivity contribution in [2.75, 3.05) is 6.61 Å². The first kappa shape index (κ1) is 14.1.